The van der Waals surface area contributed by atoms with Gasteiger partial charge in [0.2, 0.25) is 6.04 Å². The molecule has 0 amide bonds. The van der Waals surface area contributed by atoms with E-state index in [1.807, 2.05) is 6.07 Å². The maximum atomic E-state index is 10.6. The normalized spacial score (nSPS) is 14.7. The van der Waals surface area contributed by atoms with Crippen molar-refractivity contribution in [3.05, 3.63) is 46.0 Å². The Morgan fingerprint density at radius 1 is 1.43 bits per heavy atom. The molecule has 0 aromatic heterocycles. The molecule has 1 aromatic rings. The summed E-state index contributed by atoms with van der Waals surface area (Å²) in [4.78, 5) is 10.2. The molecule has 2 atom stereocenters. The molecule has 0 bridgehead atoms. The number of aliphatic hydroxyl groups is 1. The number of rotatable bonds is 4. The second-order valence-corrected chi connectivity index (χ2v) is 3.12. The molecular formula is C10H13NO3. The first-order valence-electron chi connectivity index (χ1n) is 4.53. The smallest absolute Gasteiger partial charge is 0.242 e. The first-order valence-corrected chi connectivity index (χ1v) is 4.53. The standard InChI is InChI=1S/C10H13NO3/c1-2-9(11(13)14)10(12)8-6-4-3-5-7-8/h3-7,9-10,12H,2H2,1H3/t9-,10-/m0/s1. The van der Waals surface area contributed by atoms with Crippen LogP contribution in [0, 0.1) is 10.1 Å². The fraction of sp³-hybridized carbons (Fsp3) is 0.400. The van der Waals surface area contributed by atoms with E-state index in [1.165, 1.54) is 0 Å². The fourth-order valence-electron chi connectivity index (χ4n) is 1.36. The summed E-state index contributed by atoms with van der Waals surface area (Å²) in [6.45, 7) is 1.69. The zero-order chi connectivity index (χ0) is 10.6. The van der Waals surface area contributed by atoms with Crippen LogP contribution in [-0.4, -0.2) is 16.1 Å². The van der Waals surface area contributed by atoms with Crippen LogP contribution in [0.1, 0.15) is 25.0 Å². The number of benzene rings is 1. The van der Waals surface area contributed by atoms with Crippen molar-refractivity contribution in [1.29, 1.82) is 0 Å². The lowest BCUT2D eigenvalue weighted by Crippen LogP contribution is -2.26. The van der Waals surface area contributed by atoms with E-state index in [0.29, 0.717) is 12.0 Å². The highest BCUT2D eigenvalue weighted by Gasteiger charge is 2.28. The van der Waals surface area contributed by atoms with Gasteiger partial charge in [-0.3, -0.25) is 10.1 Å². The first kappa shape index (κ1) is 10.7. The Balaban J connectivity index is 2.83. The van der Waals surface area contributed by atoms with Crippen LogP contribution in [0.2, 0.25) is 0 Å². The van der Waals surface area contributed by atoms with Crippen molar-refractivity contribution < 1.29 is 10.0 Å². The number of hydrogen-bond donors (Lipinski definition) is 1. The van der Waals surface area contributed by atoms with Gasteiger partial charge in [0.25, 0.3) is 0 Å². The SMILES string of the molecule is CC[C@@H]([C@@H](O)c1ccccc1)[N+](=O)[O-]. The van der Waals surface area contributed by atoms with Crippen LogP contribution in [0.15, 0.2) is 30.3 Å². The molecule has 0 aliphatic rings. The molecule has 0 heterocycles. The largest absolute Gasteiger partial charge is 0.381 e. The van der Waals surface area contributed by atoms with Gasteiger partial charge in [0.15, 0.2) is 0 Å². The predicted molar refractivity (Wildman–Crippen MR) is 52.5 cm³/mol. The minimum absolute atomic E-state index is 0.322. The zero-order valence-corrected chi connectivity index (χ0v) is 7.96. The fourth-order valence-corrected chi connectivity index (χ4v) is 1.36. The molecule has 0 fully saturated rings. The Labute approximate surface area is 82.3 Å². The minimum atomic E-state index is -1.02. The molecule has 4 nitrogen and oxygen atoms in total. The van der Waals surface area contributed by atoms with E-state index in [0.717, 1.165) is 0 Å². The number of nitro groups is 1. The molecule has 0 aliphatic carbocycles. The summed E-state index contributed by atoms with van der Waals surface area (Å²) in [5.74, 6) is 0. The van der Waals surface area contributed by atoms with Crippen LogP contribution >= 0.6 is 0 Å². The highest BCUT2D eigenvalue weighted by Crippen LogP contribution is 2.20. The Hall–Kier alpha value is -1.42. The number of nitrogens with zero attached hydrogens (tertiary/aromatic N) is 1. The quantitative estimate of drug-likeness (QED) is 0.588. The van der Waals surface area contributed by atoms with Gasteiger partial charge < -0.3 is 5.11 Å². The first-order chi connectivity index (χ1) is 6.66. The van der Waals surface area contributed by atoms with Crippen molar-refractivity contribution in [1.82, 2.24) is 0 Å². The molecule has 76 valence electrons. The van der Waals surface area contributed by atoms with E-state index in [9.17, 15) is 15.2 Å². The van der Waals surface area contributed by atoms with Gasteiger partial charge in [-0.15, -0.1) is 0 Å². The van der Waals surface area contributed by atoms with Crippen molar-refractivity contribution in [2.24, 2.45) is 0 Å². The highest BCUT2D eigenvalue weighted by atomic mass is 16.6. The number of hydrogen-bond acceptors (Lipinski definition) is 3. The highest BCUT2D eigenvalue weighted by molar-refractivity contribution is 5.18. The van der Waals surface area contributed by atoms with E-state index in [-0.39, 0.29) is 0 Å². The minimum Gasteiger partial charge on any atom is -0.381 e. The topological polar surface area (TPSA) is 63.4 Å². The van der Waals surface area contributed by atoms with Crippen molar-refractivity contribution in [2.45, 2.75) is 25.5 Å². The third kappa shape index (κ3) is 2.29. The molecule has 1 aromatic carbocycles. The lowest BCUT2D eigenvalue weighted by atomic mass is 10.0. The van der Waals surface area contributed by atoms with E-state index in [1.54, 1.807) is 31.2 Å². The van der Waals surface area contributed by atoms with Crippen molar-refractivity contribution in [3.8, 4) is 0 Å². The Bertz CT molecular complexity index is 299. The van der Waals surface area contributed by atoms with Gasteiger partial charge in [0.1, 0.15) is 6.10 Å². The maximum absolute atomic E-state index is 10.6. The van der Waals surface area contributed by atoms with Gasteiger partial charge in [-0.05, 0) is 5.56 Å². The van der Waals surface area contributed by atoms with Crippen LogP contribution < -0.4 is 0 Å². The second kappa shape index (κ2) is 4.72. The van der Waals surface area contributed by atoms with Gasteiger partial charge in [0.05, 0.1) is 0 Å². The Morgan fingerprint density at radius 3 is 2.43 bits per heavy atom. The molecule has 0 saturated heterocycles. The van der Waals surface area contributed by atoms with Gasteiger partial charge in [-0.25, -0.2) is 0 Å². The lowest BCUT2D eigenvalue weighted by molar-refractivity contribution is -0.536. The Kier molecular flexibility index (Phi) is 3.59. The zero-order valence-electron chi connectivity index (χ0n) is 7.96. The van der Waals surface area contributed by atoms with E-state index < -0.39 is 17.1 Å². The van der Waals surface area contributed by atoms with Crippen molar-refractivity contribution >= 4 is 0 Å². The molecule has 1 rings (SSSR count). The van der Waals surface area contributed by atoms with Crippen molar-refractivity contribution in [2.75, 3.05) is 0 Å². The van der Waals surface area contributed by atoms with Crippen LogP contribution in [0.4, 0.5) is 0 Å². The van der Waals surface area contributed by atoms with Crippen molar-refractivity contribution in [3.63, 3.8) is 0 Å². The Morgan fingerprint density at radius 2 is 2.00 bits per heavy atom. The van der Waals surface area contributed by atoms with Crippen LogP contribution in [0.3, 0.4) is 0 Å². The molecule has 0 radical (unpaired) electrons. The summed E-state index contributed by atoms with van der Waals surface area (Å²) in [7, 11) is 0. The van der Waals surface area contributed by atoms with Gasteiger partial charge in [0, 0.05) is 11.3 Å². The summed E-state index contributed by atoms with van der Waals surface area (Å²) < 4.78 is 0. The summed E-state index contributed by atoms with van der Waals surface area (Å²) in [6.07, 6.45) is -0.695. The molecule has 14 heavy (non-hydrogen) atoms. The summed E-state index contributed by atoms with van der Waals surface area (Å²) in [5, 5.41) is 20.3. The van der Waals surface area contributed by atoms with Gasteiger partial charge in [-0.2, -0.15) is 0 Å². The predicted octanol–water partition coefficient (Wildman–Crippen LogP) is 1.78. The van der Waals surface area contributed by atoms with Gasteiger partial charge in [-0.1, -0.05) is 37.3 Å². The summed E-state index contributed by atoms with van der Waals surface area (Å²) in [6, 6.07) is 7.78. The van der Waals surface area contributed by atoms with Gasteiger partial charge >= 0.3 is 0 Å². The summed E-state index contributed by atoms with van der Waals surface area (Å²) >= 11 is 0. The summed E-state index contributed by atoms with van der Waals surface area (Å²) in [5.41, 5.74) is 0.594. The van der Waals surface area contributed by atoms with Crippen LogP contribution in [-0.2, 0) is 0 Å². The average molecular weight is 195 g/mol. The second-order valence-electron chi connectivity index (χ2n) is 3.12. The molecule has 1 N–H and O–H groups in total. The number of aliphatic hydroxyl groups excluding tert-OH is 1. The monoisotopic (exact) mass is 195 g/mol. The molecule has 0 aliphatic heterocycles. The van der Waals surface area contributed by atoms with Crippen LogP contribution in [0.25, 0.3) is 0 Å². The molecular weight excluding hydrogens is 182 g/mol. The molecule has 0 spiro atoms. The van der Waals surface area contributed by atoms with E-state index in [4.69, 9.17) is 0 Å². The lowest BCUT2D eigenvalue weighted by Gasteiger charge is -2.14. The van der Waals surface area contributed by atoms with Crippen LogP contribution in [0.5, 0.6) is 0 Å². The van der Waals surface area contributed by atoms with E-state index >= 15 is 0 Å². The van der Waals surface area contributed by atoms with E-state index in [2.05, 4.69) is 0 Å². The third-order valence-electron chi connectivity index (χ3n) is 2.19. The molecule has 4 heteroatoms. The third-order valence-corrected chi connectivity index (χ3v) is 2.19. The molecule has 0 saturated carbocycles. The molecule has 0 unspecified atom stereocenters. The average Bonchev–Trinajstić information content (AvgIpc) is 2.19. The maximum Gasteiger partial charge on any atom is 0.242 e.